The summed E-state index contributed by atoms with van der Waals surface area (Å²) in [4.78, 5) is 0. The summed E-state index contributed by atoms with van der Waals surface area (Å²) in [5.74, 6) is 1.29. The van der Waals surface area contributed by atoms with Crippen molar-refractivity contribution in [1.82, 2.24) is 0 Å². The molecule has 116 valence electrons. The van der Waals surface area contributed by atoms with Crippen molar-refractivity contribution >= 4 is 0 Å². The molecule has 2 aromatic carbocycles. The molecule has 0 heteroatoms. The highest BCUT2D eigenvalue weighted by molar-refractivity contribution is 5.83. The SMILES string of the molecule is CCC(C)C1(C(C)CC)c2ccccc2-c2c(C)cccc21. The van der Waals surface area contributed by atoms with Gasteiger partial charge in [-0.2, -0.15) is 0 Å². The average molecular weight is 292 g/mol. The van der Waals surface area contributed by atoms with Crippen molar-refractivity contribution in [2.45, 2.75) is 52.9 Å². The van der Waals surface area contributed by atoms with Crippen LogP contribution in [0.1, 0.15) is 57.2 Å². The summed E-state index contributed by atoms with van der Waals surface area (Å²) >= 11 is 0. The molecule has 0 nitrogen and oxygen atoms in total. The molecule has 3 rings (SSSR count). The second kappa shape index (κ2) is 5.57. The molecule has 1 aliphatic rings. The summed E-state index contributed by atoms with van der Waals surface area (Å²) in [5, 5.41) is 0. The van der Waals surface area contributed by atoms with Gasteiger partial charge in [-0.15, -0.1) is 0 Å². The van der Waals surface area contributed by atoms with Crippen LogP contribution < -0.4 is 0 Å². The zero-order chi connectivity index (χ0) is 15.9. The highest BCUT2D eigenvalue weighted by Crippen LogP contribution is 2.58. The normalized spacial score (nSPS) is 22.0. The van der Waals surface area contributed by atoms with Crippen LogP contribution >= 0.6 is 0 Å². The van der Waals surface area contributed by atoms with Crippen LogP contribution in [0, 0.1) is 18.8 Å². The lowest BCUT2D eigenvalue weighted by molar-refractivity contribution is 0.235. The summed E-state index contributed by atoms with van der Waals surface area (Å²) in [6, 6.07) is 16.0. The molecule has 0 aromatic heterocycles. The molecule has 0 saturated heterocycles. The molecule has 2 unspecified atom stereocenters. The van der Waals surface area contributed by atoms with E-state index in [-0.39, 0.29) is 5.41 Å². The van der Waals surface area contributed by atoms with E-state index in [0.29, 0.717) is 11.8 Å². The molecule has 2 atom stereocenters. The van der Waals surface area contributed by atoms with Crippen LogP contribution in [-0.2, 0) is 5.41 Å². The van der Waals surface area contributed by atoms with E-state index in [0.717, 1.165) is 0 Å². The van der Waals surface area contributed by atoms with E-state index in [1.165, 1.54) is 29.5 Å². The maximum absolute atomic E-state index is 2.44. The smallest absolute Gasteiger partial charge is 0.0266 e. The molecule has 0 bridgehead atoms. The van der Waals surface area contributed by atoms with Gasteiger partial charge in [0.05, 0.1) is 0 Å². The van der Waals surface area contributed by atoms with Gasteiger partial charge in [0, 0.05) is 5.41 Å². The van der Waals surface area contributed by atoms with Gasteiger partial charge in [-0.3, -0.25) is 0 Å². The lowest BCUT2D eigenvalue weighted by atomic mass is 9.60. The fourth-order valence-corrected chi connectivity index (χ4v) is 4.77. The van der Waals surface area contributed by atoms with E-state index < -0.39 is 0 Å². The van der Waals surface area contributed by atoms with Crippen LogP contribution in [0.5, 0.6) is 0 Å². The number of hydrogen-bond acceptors (Lipinski definition) is 0. The Morgan fingerprint density at radius 2 is 1.41 bits per heavy atom. The van der Waals surface area contributed by atoms with Crippen molar-refractivity contribution in [1.29, 1.82) is 0 Å². The molecule has 2 aromatic rings. The van der Waals surface area contributed by atoms with Crippen molar-refractivity contribution in [3.05, 3.63) is 59.2 Å². The van der Waals surface area contributed by atoms with E-state index >= 15 is 0 Å². The van der Waals surface area contributed by atoms with Gasteiger partial charge in [0.25, 0.3) is 0 Å². The van der Waals surface area contributed by atoms with Crippen LogP contribution in [0.4, 0.5) is 0 Å². The largest absolute Gasteiger partial charge is 0.0651 e. The maximum atomic E-state index is 2.44. The van der Waals surface area contributed by atoms with Crippen LogP contribution in [0.3, 0.4) is 0 Å². The first-order chi connectivity index (χ1) is 10.6. The van der Waals surface area contributed by atoms with Gasteiger partial charge in [-0.1, -0.05) is 83.0 Å². The molecule has 0 fully saturated rings. The molecule has 0 aliphatic heterocycles. The highest BCUT2D eigenvalue weighted by Gasteiger charge is 2.49. The van der Waals surface area contributed by atoms with Gasteiger partial charge < -0.3 is 0 Å². The molecular formula is C22H28. The fraction of sp³-hybridized carbons (Fsp3) is 0.455. The zero-order valence-corrected chi connectivity index (χ0v) is 14.6. The molecular weight excluding hydrogens is 264 g/mol. The topological polar surface area (TPSA) is 0 Å². The quantitative estimate of drug-likeness (QED) is 0.615. The Labute approximate surface area is 135 Å². The molecule has 1 aliphatic carbocycles. The Kier molecular flexibility index (Phi) is 3.89. The van der Waals surface area contributed by atoms with Crippen molar-refractivity contribution in [2.24, 2.45) is 11.8 Å². The Hall–Kier alpha value is -1.56. The number of benzene rings is 2. The minimum absolute atomic E-state index is 0.168. The maximum Gasteiger partial charge on any atom is 0.0266 e. The minimum atomic E-state index is 0.168. The molecule has 0 amide bonds. The fourth-order valence-electron chi connectivity index (χ4n) is 4.77. The first-order valence-electron chi connectivity index (χ1n) is 8.78. The van der Waals surface area contributed by atoms with Crippen LogP contribution in [-0.4, -0.2) is 0 Å². The Balaban J connectivity index is 2.42. The number of aryl methyl sites for hydroxylation is 1. The molecule has 0 spiro atoms. The summed E-state index contributed by atoms with van der Waals surface area (Å²) in [7, 11) is 0. The predicted octanol–water partition coefficient (Wildman–Crippen LogP) is 6.35. The lowest BCUT2D eigenvalue weighted by Gasteiger charge is -2.43. The summed E-state index contributed by atoms with van der Waals surface area (Å²) < 4.78 is 0. The number of hydrogen-bond donors (Lipinski definition) is 0. The third-order valence-corrected chi connectivity index (χ3v) is 6.14. The summed E-state index contributed by atoms with van der Waals surface area (Å²) in [5.41, 5.74) is 7.68. The van der Waals surface area contributed by atoms with Crippen molar-refractivity contribution < 1.29 is 0 Å². The Bertz CT molecular complexity index is 670. The molecule has 0 saturated carbocycles. The van der Waals surface area contributed by atoms with Crippen molar-refractivity contribution in [3.63, 3.8) is 0 Å². The van der Waals surface area contributed by atoms with E-state index in [9.17, 15) is 0 Å². The summed E-state index contributed by atoms with van der Waals surface area (Å²) in [6.45, 7) is 11.8. The van der Waals surface area contributed by atoms with E-state index in [2.05, 4.69) is 77.1 Å². The lowest BCUT2D eigenvalue weighted by Crippen LogP contribution is -2.39. The van der Waals surface area contributed by atoms with Crippen LogP contribution in [0.25, 0.3) is 11.1 Å². The predicted molar refractivity (Wildman–Crippen MR) is 96.3 cm³/mol. The Morgan fingerprint density at radius 3 is 2.05 bits per heavy atom. The molecule has 22 heavy (non-hydrogen) atoms. The summed E-state index contributed by atoms with van der Waals surface area (Å²) in [6.07, 6.45) is 2.43. The molecule has 0 N–H and O–H groups in total. The van der Waals surface area contributed by atoms with E-state index in [1.54, 1.807) is 11.1 Å². The second-order valence-electron chi connectivity index (χ2n) is 7.03. The second-order valence-corrected chi connectivity index (χ2v) is 7.03. The van der Waals surface area contributed by atoms with Gasteiger partial charge in [0.1, 0.15) is 0 Å². The molecule has 0 radical (unpaired) electrons. The third kappa shape index (κ3) is 1.82. The first-order valence-corrected chi connectivity index (χ1v) is 8.78. The van der Waals surface area contributed by atoms with E-state index in [4.69, 9.17) is 0 Å². The Morgan fingerprint density at radius 1 is 0.818 bits per heavy atom. The van der Waals surface area contributed by atoms with Gasteiger partial charge in [0.15, 0.2) is 0 Å². The third-order valence-electron chi connectivity index (χ3n) is 6.14. The van der Waals surface area contributed by atoms with Crippen LogP contribution in [0.2, 0.25) is 0 Å². The number of fused-ring (bicyclic) bond motifs is 3. The first kappa shape index (κ1) is 15.3. The van der Waals surface area contributed by atoms with Gasteiger partial charge in [0.2, 0.25) is 0 Å². The van der Waals surface area contributed by atoms with Gasteiger partial charge >= 0.3 is 0 Å². The van der Waals surface area contributed by atoms with Crippen molar-refractivity contribution in [3.8, 4) is 11.1 Å². The zero-order valence-electron chi connectivity index (χ0n) is 14.6. The number of rotatable bonds is 4. The standard InChI is InChI=1S/C22H28/c1-6-16(4)22(17(5)7-2)19-13-9-8-12-18(19)21-15(3)11-10-14-20(21)22/h8-14,16-17H,6-7H2,1-5H3. The minimum Gasteiger partial charge on any atom is -0.0651 e. The average Bonchev–Trinajstić information content (AvgIpc) is 2.86. The van der Waals surface area contributed by atoms with Gasteiger partial charge in [-0.25, -0.2) is 0 Å². The monoisotopic (exact) mass is 292 g/mol. The van der Waals surface area contributed by atoms with Crippen molar-refractivity contribution in [2.75, 3.05) is 0 Å². The molecule has 0 heterocycles. The van der Waals surface area contributed by atoms with Gasteiger partial charge in [-0.05, 0) is 46.6 Å². The highest BCUT2D eigenvalue weighted by atomic mass is 14.5. The van der Waals surface area contributed by atoms with E-state index in [1.807, 2.05) is 0 Å². The van der Waals surface area contributed by atoms with Crippen LogP contribution in [0.15, 0.2) is 42.5 Å².